The van der Waals surface area contributed by atoms with Crippen molar-refractivity contribution < 1.29 is 33.3 Å². The molecule has 0 amide bonds. The van der Waals surface area contributed by atoms with Crippen LogP contribution in [0.2, 0.25) is 0 Å². The predicted molar refractivity (Wildman–Crippen MR) is 115 cm³/mol. The van der Waals surface area contributed by atoms with Gasteiger partial charge in [-0.15, -0.1) is 0 Å². The summed E-state index contributed by atoms with van der Waals surface area (Å²) in [7, 11) is 0. The Bertz CT molecular complexity index is 1130. The Kier molecular flexibility index (Phi) is 3.65. The van der Waals surface area contributed by atoms with Crippen LogP contribution in [0, 0.1) is 28.6 Å². The van der Waals surface area contributed by atoms with E-state index in [-0.39, 0.29) is 59.1 Å². The molecule has 4 aliphatic carbocycles. The SMILES string of the molecule is C[C@@]12O[C@H]3C[C@@H](O1)[C@]1(C=O)[C@H]4CC[C@@]5(C)[C@@H]([C@H]4C[C@@H](O)[C@@]1(C3)O2)[C@@H]1O[C@@H]1[C@@H]5c1ccc(=O)oc1. The van der Waals surface area contributed by atoms with Gasteiger partial charge < -0.3 is 33.3 Å². The summed E-state index contributed by atoms with van der Waals surface area (Å²) in [5.74, 6) is -0.682. The van der Waals surface area contributed by atoms with E-state index in [1.807, 2.05) is 6.07 Å². The lowest BCUT2D eigenvalue weighted by molar-refractivity contribution is -0.550. The smallest absolute Gasteiger partial charge is 0.335 e. The Morgan fingerprint density at radius 1 is 1.15 bits per heavy atom. The Morgan fingerprint density at radius 3 is 2.74 bits per heavy atom. The zero-order valence-corrected chi connectivity index (χ0v) is 19.3. The zero-order valence-electron chi connectivity index (χ0n) is 19.3. The maximum atomic E-state index is 13.1. The first kappa shape index (κ1) is 20.6. The lowest BCUT2D eigenvalue weighted by Gasteiger charge is -2.73. The molecule has 8 fully saturated rings. The first-order valence-electron chi connectivity index (χ1n) is 12.7. The summed E-state index contributed by atoms with van der Waals surface area (Å²) >= 11 is 0. The van der Waals surface area contributed by atoms with Crippen molar-refractivity contribution in [2.75, 3.05) is 0 Å². The molecule has 1 aromatic heterocycles. The van der Waals surface area contributed by atoms with Gasteiger partial charge in [0.1, 0.15) is 11.9 Å². The minimum atomic E-state index is -1.20. The average molecular weight is 471 g/mol. The van der Waals surface area contributed by atoms with E-state index in [4.69, 9.17) is 23.4 Å². The number of hydrogen-bond donors (Lipinski definition) is 1. The standard InChI is InChI=1S/C26H30O8/c1-23-6-5-15-14(20(23)22-21(31-22)19(23)12-3-4-18(29)30-10-12)8-16(28)26-9-13-7-17(25(15,26)11-27)33-24(2,32-13)34-26/h3-4,10-11,13-17,19-22,28H,5-9H2,1-2H3/t13-,14-,15-,16+,17+,19-,20-,21+,22-,23+,24+,25-,26+/m0/s1. The number of carbonyl (C=O) groups excluding carboxylic acids is 1. The monoisotopic (exact) mass is 470 g/mol. The van der Waals surface area contributed by atoms with Crippen molar-refractivity contribution in [2.24, 2.45) is 28.6 Å². The van der Waals surface area contributed by atoms with Gasteiger partial charge in [-0.25, -0.2) is 4.79 Å². The molecule has 0 unspecified atom stereocenters. The van der Waals surface area contributed by atoms with E-state index >= 15 is 0 Å². The van der Waals surface area contributed by atoms with Crippen molar-refractivity contribution in [3.8, 4) is 0 Å². The lowest BCUT2D eigenvalue weighted by atomic mass is 9.40. The summed E-state index contributed by atoms with van der Waals surface area (Å²) < 4.78 is 30.2. The molecule has 8 aliphatic rings. The lowest BCUT2D eigenvalue weighted by Crippen LogP contribution is -2.83. The maximum Gasteiger partial charge on any atom is 0.335 e. The molecule has 5 heterocycles. The fraction of sp³-hybridized carbons (Fsp3) is 0.769. The van der Waals surface area contributed by atoms with Crippen molar-refractivity contribution in [2.45, 2.75) is 94.0 Å². The number of carbonyl (C=O) groups is 1. The molecule has 1 aromatic rings. The molecule has 34 heavy (non-hydrogen) atoms. The van der Waals surface area contributed by atoms with Gasteiger partial charge in [0.15, 0.2) is 0 Å². The third-order valence-electron chi connectivity index (χ3n) is 11.0. The molecule has 9 rings (SSSR count). The van der Waals surface area contributed by atoms with E-state index in [1.165, 1.54) is 6.07 Å². The number of rotatable bonds is 2. The molecule has 0 radical (unpaired) electrons. The van der Waals surface area contributed by atoms with Crippen LogP contribution in [-0.4, -0.2) is 53.5 Å². The van der Waals surface area contributed by atoms with Gasteiger partial charge in [0.2, 0.25) is 0 Å². The van der Waals surface area contributed by atoms with E-state index in [9.17, 15) is 14.7 Å². The van der Waals surface area contributed by atoms with Crippen molar-refractivity contribution in [1.82, 2.24) is 0 Å². The van der Waals surface area contributed by atoms with Crippen LogP contribution in [-0.2, 0) is 23.7 Å². The second-order valence-electron chi connectivity index (χ2n) is 12.2. The van der Waals surface area contributed by atoms with E-state index in [0.717, 1.165) is 24.7 Å². The van der Waals surface area contributed by atoms with Crippen molar-refractivity contribution in [3.05, 3.63) is 34.4 Å². The predicted octanol–water partition coefficient (Wildman–Crippen LogP) is 2.12. The zero-order chi connectivity index (χ0) is 23.3. The highest BCUT2D eigenvalue weighted by atomic mass is 16.9. The molecule has 0 aromatic carbocycles. The fourth-order valence-electron chi connectivity index (χ4n) is 10.1. The van der Waals surface area contributed by atoms with Crippen LogP contribution < -0.4 is 5.63 Å². The highest BCUT2D eigenvalue weighted by Crippen LogP contribution is 2.75. The Morgan fingerprint density at radius 2 is 2.00 bits per heavy atom. The van der Waals surface area contributed by atoms with Crippen molar-refractivity contribution >= 4 is 6.29 Å². The van der Waals surface area contributed by atoms with Gasteiger partial charge in [0, 0.05) is 31.7 Å². The van der Waals surface area contributed by atoms with Crippen LogP contribution in [0.25, 0.3) is 0 Å². The van der Waals surface area contributed by atoms with Gasteiger partial charge in [-0.1, -0.05) is 6.92 Å². The normalized spacial score (nSPS) is 60.1. The van der Waals surface area contributed by atoms with Crippen LogP contribution in [0.1, 0.15) is 57.4 Å². The third-order valence-corrected chi connectivity index (χ3v) is 11.0. The van der Waals surface area contributed by atoms with Gasteiger partial charge in [0.05, 0.1) is 42.2 Å². The Balaban J connectivity index is 1.23. The molecule has 1 N–H and O–H groups in total. The summed E-state index contributed by atoms with van der Waals surface area (Å²) in [6, 6.07) is 3.35. The van der Waals surface area contributed by atoms with Crippen LogP contribution in [0.3, 0.4) is 0 Å². The minimum Gasteiger partial charge on any atom is -0.431 e. The molecule has 4 aliphatic heterocycles. The van der Waals surface area contributed by atoms with E-state index in [1.54, 1.807) is 13.2 Å². The summed E-state index contributed by atoms with van der Waals surface area (Å²) in [5, 5.41) is 11.7. The third kappa shape index (κ3) is 2.12. The summed E-state index contributed by atoms with van der Waals surface area (Å²) in [4.78, 5) is 24.7. The van der Waals surface area contributed by atoms with Crippen molar-refractivity contribution in [1.29, 1.82) is 0 Å². The summed E-state index contributed by atoms with van der Waals surface area (Å²) in [6.45, 7) is 4.09. The van der Waals surface area contributed by atoms with Crippen LogP contribution in [0.15, 0.2) is 27.6 Å². The number of ether oxygens (including phenoxy) is 4. The number of epoxide rings is 1. The van der Waals surface area contributed by atoms with E-state index in [0.29, 0.717) is 19.3 Å². The summed E-state index contributed by atoms with van der Waals surface area (Å²) in [6.07, 6.45) is 5.25. The summed E-state index contributed by atoms with van der Waals surface area (Å²) in [5.41, 5.74) is -1.27. The van der Waals surface area contributed by atoms with Gasteiger partial charge in [-0.3, -0.25) is 0 Å². The second-order valence-corrected chi connectivity index (χ2v) is 12.2. The number of aliphatic hydroxyl groups excluding tert-OH is 1. The minimum absolute atomic E-state index is 0.0531. The molecule has 182 valence electrons. The number of fused-ring (bicyclic) bond motifs is 5. The quantitative estimate of drug-likeness (QED) is 0.517. The largest absolute Gasteiger partial charge is 0.431 e. The van der Waals surface area contributed by atoms with Gasteiger partial charge in [0.25, 0.3) is 5.97 Å². The van der Waals surface area contributed by atoms with Gasteiger partial charge in [-0.05, 0) is 54.1 Å². The number of aliphatic hydroxyl groups is 1. The van der Waals surface area contributed by atoms with Crippen molar-refractivity contribution in [3.63, 3.8) is 0 Å². The molecular formula is C26H30O8. The van der Waals surface area contributed by atoms with Gasteiger partial charge in [-0.2, -0.15) is 0 Å². The number of aldehydes is 1. The topological polar surface area (TPSA) is 108 Å². The molecule has 8 nitrogen and oxygen atoms in total. The first-order valence-corrected chi connectivity index (χ1v) is 12.7. The average Bonchev–Trinajstić information content (AvgIpc) is 3.49. The molecule has 4 saturated carbocycles. The molecule has 13 atom stereocenters. The molecular weight excluding hydrogens is 440 g/mol. The maximum absolute atomic E-state index is 13.1. The fourth-order valence-corrected chi connectivity index (χ4v) is 10.1. The Labute approximate surface area is 196 Å². The molecule has 8 heteroatoms. The highest BCUT2D eigenvalue weighted by Gasteiger charge is 2.81. The first-order chi connectivity index (χ1) is 16.2. The number of hydrogen-bond acceptors (Lipinski definition) is 8. The van der Waals surface area contributed by atoms with E-state index in [2.05, 4.69) is 6.92 Å². The van der Waals surface area contributed by atoms with Crippen LogP contribution >= 0.6 is 0 Å². The molecule has 4 bridgehead atoms. The second kappa shape index (κ2) is 6.03. The van der Waals surface area contributed by atoms with Crippen LogP contribution in [0.4, 0.5) is 0 Å². The molecule has 4 saturated heterocycles. The highest BCUT2D eigenvalue weighted by molar-refractivity contribution is 5.66. The van der Waals surface area contributed by atoms with E-state index < -0.39 is 23.1 Å². The molecule has 1 spiro atoms. The van der Waals surface area contributed by atoms with Gasteiger partial charge >= 0.3 is 5.63 Å². The Hall–Kier alpha value is -1.58. The van der Waals surface area contributed by atoms with Crippen LogP contribution in [0.5, 0.6) is 0 Å².